The molecule has 1 aliphatic rings. The fraction of sp³-hybridized carbons (Fsp3) is 0.250. The molecule has 0 spiro atoms. The fourth-order valence-electron chi connectivity index (χ4n) is 4.00. The van der Waals surface area contributed by atoms with Crippen LogP contribution in [-0.4, -0.2) is 40.7 Å². The van der Waals surface area contributed by atoms with Gasteiger partial charge in [0.25, 0.3) is 5.88 Å². The Labute approximate surface area is 190 Å². The van der Waals surface area contributed by atoms with Gasteiger partial charge >= 0.3 is 0 Å². The molecule has 0 bridgehead atoms. The predicted molar refractivity (Wildman–Crippen MR) is 124 cm³/mol. The van der Waals surface area contributed by atoms with Gasteiger partial charge in [0.2, 0.25) is 5.82 Å². The molecule has 4 aromatic rings. The van der Waals surface area contributed by atoms with Crippen LogP contribution in [0.1, 0.15) is 5.69 Å². The van der Waals surface area contributed by atoms with Gasteiger partial charge in [0, 0.05) is 55.7 Å². The van der Waals surface area contributed by atoms with Gasteiger partial charge < -0.3 is 24.8 Å². The van der Waals surface area contributed by atoms with Crippen LogP contribution in [0.15, 0.2) is 48.8 Å². The zero-order chi connectivity index (χ0) is 22.9. The summed E-state index contributed by atoms with van der Waals surface area (Å²) in [6.45, 7) is 5.68. The lowest BCUT2D eigenvalue weighted by atomic mass is 10.2. The van der Waals surface area contributed by atoms with Gasteiger partial charge in [-0.3, -0.25) is 0 Å². The average molecular weight is 450 g/mol. The van der Waals surface area contributed by atoms with Gasteiger partial charge in [0.15, 0.2) is 17.4 Å². The van der Waals surface area contributed by atoms with E-state index in [1.807, 2.05) is 42.8 Å². The number of rotatable bonds is 5. The summed E-state index contributed by atoms with van der Waals surface area (Å²) in [5.74, 6) is -1.86. The van der Waals surface area contributed by atoms with E-state index in [-0.39, 0.29) is 17.4 Å². The summed E-state index contributed by atoms with van der Waals surface area (Å²) in [5, 5.41) is 6.68. The van der Waals surface area contributed by atoms with E-state index in [1.165, 1.54) is 12.4 Å². The minimum atomic E-state index is -0.799. The normalized spacial score (nSPS) is 14.0. The predicted octanol–water partition coefficient (Wildman–Crippen LogP) is 4.50. The Morgan fingerprint density at radius 1 is 1.00 bits per heavy atom. The Kier molecular flexibility index (Phi) is 5.55. The molecule has 9 heteroatoms. The van der Waals surface area contributed by atoms with E-state index in [0.717, 1.165) is 43.1 Å². The number of benzene rings is 2. The van der Waals surface area contributed by atoms with Crippen molar-refractivity contribution in [2.45, 2.75) is 6.92 Å². The molecule has 170 valence electrons. The largest absolute Gasteiger partial charge is 0.433 e. The van der Waals surface area contributed by atoms with Crippen LogP contribution in [0.3, 0.4) is 0 Å². The molecule has 2 aromatic heterocycles. The fourth-order valence-corrected chi connectivity index (χ4v) is 4.00. The maximum atomic E-state index is 15.1. The van der Waals surface area contributed by atoms with Crippen LogP contribution in [0.25, 0.3) is 10.9 Å². The molecule has 2 N–H and O–H groups in total. The van der Waals surface area contributed by atoms with E-state index >= 15 is 4.39 Å². The number of fused-ring (bicyclic) bond motifs is 1. The summed E-state index contributed by atoms with van der Waals surface area (Å²) in [6, 6.07) is 12.6. The Morgan fingerprint density at radius 2 is 1.76 bits per heavy atom. The molecule has 0 saturated carbocycles. The SMILES string of the molecule is Cc1cc2c(F)c(Oc3ncnc(Nc4ccc(N5CCNCC5)cc4)c3F)ccc2n1C. The quantitative estimate of drug-likeness (QED) is 0.467. The highest BCUT2D eigenvalue weighted by atomic mass is 19.1. The second-order valence-corrected chi connectivity index (χ2v) is 8.01. The first kappa shape index (κ1) is 21.1. The standard InChI is InChI=1S/C24H24F2N6O/c1-15-13-18-19(31(15)2)7-8-20(21(18)25)33-24-22(26)23(28-14-29-24)30-16-3-5-17(6-4-16)32-11-9-27-10-12-32/h3-8,13-14,27H,9-12H2,1-2H3,(H,28,29,30). The van der Waals surface area contributed by atoms with Crippen LogP contribution in [0, 0.1) is 18.6 Å². The second kappa shape index (κ2) is 8.67. The van der Waals surface area contributed by atoms with E-state index in [2.05, 4.69) is 25.5 Å². The maximum Gasteiger partial charge on any atom is 0.261 e. The molecule has 2 aromatic carbocycles. The van der Waals surface area contributed by atoms with Gasteiger partial charge in [0.05, 0.1) is 5.52 Å². The van der Waals surface area contributed by atoms with Crippen molar-refractivity contribution >= 4 is 28.1 Å². The number of aryl methyl sites for hydroxylation is 2. The zero-order valence-electron chi connectivity index (χ0n) is 18.4. The average Bonchev–Trinajstić information content (AvgIpc) is 3.13. The van der Waals surface area contributed by atoms with Crippen LogP contribution in [0.4, 0.5) is 26.0 Å². The number of nitrogens with zero attached hydrogens (tertiary/aromatic N) is 4. The molecule has 0 unspecified atom stereocenters. The molecule has 3 heterocycles. The summed E-state index contributed by atoms with van der Waals surface area (Å²) >= 11 is 0. The maximum absolute atomic E-state index is 15.1. The van der Waals surface area contributed by atoms with Crippen molar-refractivity contribution in [2.75, 3.05) is 36.4 Å². The molecule has 0 amide bonds. The van der Waals surface area contributed by atoms with E-state index in [0.29, 0.717) is 11.1 Å². The number of ether oxygens (including phenoxy) is 1. The van der Waals surface area contributed by atoms with Crippen molar-refractivity contribution in [3.05, 3.63) is 66.1 Å². The summed E-state index contributed by atoms with van der Waals surface area (Å²) in [4.78, 5) is 10.1. The third-order valence-electron chi connectivity index (χ3n) is 5.94. The molecule has 1 aliphatic heterocycles. The molecule has 0 radical (unpaired) electrons. The number of aromatic nitrogens is 3. The van der Waals surface area contributed by atoms with E-state index in [9.17, 15) is 4.39 Å². The van der Waals surface area contributed by atoms with Crippen molar-refractivity contribution in [1.29, 1.82) is 0 Å². The van der Waals surface area contributed by atoms with Crippen LogP contribution in [0.5, 0.6) is 11.6 Å². The molecular weight excluding hydrogens is 426 g/mol. The first-order valence-corrected chi connectivity index (χ1v) is 10.8. The number of piperazine rings is 1. The van der Waals surface area contributed by atoms with Crippen LogP contribution >= 0.6 is 0 Å². The summed E-state index contributed by atoms with van der Waals surface area (Å²) < 4.78 is 37.5. The molecule has 0 atom stereocenters. The minimum absolute atomic E-state index is 0.0491. The van der Waals surface area contributed by atoms with Gasteiger partial charge in [-0.2, -0.15) is 9.37 Å². The van der Waals surface area contributed by atoms with Crippen molar-refractivity contribution in [3.63, 3.8) is 0 Å². The highest BCUT2D eigenvalue weighted by Crippen LogP contribution is 2.33. The van der Waals surface area contributed by atoms with E-state index < -0.39 is 11.6 Å². The number of hydrogen-bond donors (Lipinski definition) is 2. The zero-order valence-corrected chi connectivity index (χ0v) is 18.4. The minimum Gasteiger partial charge on any atom is -0.433 e. The van der Waals surface area contributed by atoms with Gasteiger partial charge in [0.1, 0.15) is 6.33 Å². The molecular formula is C24H24F2N6O. The number of anilines is 3. The van der Waals surface area contributed by atoms with Crippen molar-refractivity contribution in [3.8, 4) is 11.6 Å². The number of hydrogen-bond acceptors (Lipinski definition) is 6. The van der Waals surface area contributed by atoms with Gasteiger partial charge in [-0.05, 0) is 49.4 Å². The lowest BCUT2D eigenvalue weighted by Gasteiger charge is -2.29. The third-order valence-corrected chi connectivity index (χ3v) is 5.94. The summed E-state index contributed by atoms with van der Waals surface area (Å²) in [6.07, 6.45) is 1.18. The molecule has 7 nitrogen and oxygen atoms in total. The van der Waals surface area contributed by atoms with Gasteiger partial charge in [-0.25, -0.2) is 9.37 Å². The first-order chi connectivity index (χ1) is 16.0. The monoisotopic (exact) mass is 450 g/mol. The molecule has 0 aliphatic carbocycles. The van der Waals surface area contributed by atoms with Crippen LogP contribution in [0.2, 0.25) is 0 Å². The number of nitrogens with one attached hydrogen (secondary N) is 2. The first-order valence-electron chi connectivity index (χ1n) is 10.8. The molecule has 33 heavy (non-hydrogen) atoms. The smallest absolute Gasteiger partial charge is 0.261 e. The Bertz CT molecular complexity index is 1300. The summed E-state index contributed by atoms with van der Waals surface area (Å²) in [5.41, 5.74) is 3.41. The molecule has 5 rings (SSSR count). The molecule has 1 saturated heterocycles. The van der Waals surface area contributed by atoms with Crippen molar-refractivity contribution in [2.24, 2.45) is 7.05 Å². The van der Waals surface area contributed by atoms with Gasteiger partial charge in [-0.15, -0.1) is 0 Å². The van der Waals surface area contributed by atoms with Crippen LogP contribution in [-0.2, 0) is 7.05 Å². The highest BCUT2D eigenvalue weighted by Gasteiger charge is 2.18. The lowest BCUT2D eigenvalue weighted by molar-refractivity contribution is 0.399. The van der Waals surface area contributed by atoms with Crippen molar-refractivity contribution in [1.82, 2.24) is 19.9 Å². The van der Waals surface area contributed by atoms with Crippen LogP contribution < -0.4 is 20.3 Å². The topological polar surface area (TPSA) is 67.2 Å². The lowest BCUT2D eigenvalue weighted by Crippen LogP contribution is -2.43. The third kappa shape index (κ3) is 4.07. The molecule has 1 fully saturated rings. The highest BCUT2D eigenvalue weighted by molar-refractivity contribution is 5.83. The van der Waals surface area contributed by atoms with E-state index in [1.54, 1.807) is 12.1 Å². The second-order valence-electron chi connectivity index (χ2n) is 8.01. The Hall–Kier alpha value is -3.72. The summed E-state index contributed by atoms with van der Waals surface area (Å²) in [7, 11) is 1.86. The number of halogens is 2. The van der Waals surface area contributed by atoms with Gasteiger partial charge in [-0.1, -0.05) is 0 Å². The van der Waals surface area contributed by atoms with E-state index in [4.69, 9.17) is 4.74 Å². The Balaban J connectivity index is 1.36. The Morgan fingerprint density at radius 3 is 2.52 bits per heavy atom. The van der Waals surface area contributed by atoms with Crippen molar-refractivity contribution < 1.29 is 13.5 Å².